The molecule has 1 N–H and O–H groups in total. The Bertz CT molecular complexity index is 753. The molecule has 1 atom stereocenters. The van der Waals surface area contributed by atoms with Gasteiger partial charge in [0.15, 0.2) is 6.61 Å². The van der Waals surface area contributed by atoms with Gasteiger partial charge in [-0.25, -0.2) is 0 Å². The standard InChI is InChI=1S/C21H26N2O2S/c1-16-3-2-4-18(11-16)25-14-20(24)23(13-17-5-10-26-15-17)19-12-21(19)6-8-22-9-7-21/h2-5,10-11,15,19,22H,6-9,12-14H2,1H3. The van der Waals surface area contributed by atoms with E-state index in [2.05, 4.69) is 27.0 Å². The van der Waals surface area contributed by atoms with E-state index in [4.69, 9.17) is 4.74 Å². The highest BCUT2D eigenvalue weighted by molar-refractivity contribution is 7.07. The Labute approximate surface area is 159 Å². The number of ether oxygens (including phenoxy) is 1. The summed E-state index contributed by atoms with van der Waals surface area (Å²) in [7, 11) is 0. The number of rotatable bonds is 6. The Morgan fingerprint density at radius 3 is 2.92 bits per heavy atom. The summed E-state index contributed by atoms with van der Waals surface area (Å²) in [5, 5.41) is 7.66. The molecule has 1 aromatic carbocycles. The van der Waals surface area contributed by atoms with Gasteiger partial charge >= 0.3 is 0 Å². The lowest BCUT2D eigenvalue weighted by molar-refractivity contribution is -0.135. The monoisotopic (exact) mass is 370 g/mol. The fourth-order valence-electron chi connectivity index (χ4n) is 4.11. The van der Waals surface area contributed by atoms with E-state index in [1.54, 1.807) is 11.3 Å². The number of benzene rings is 1. The van der Waals surface area contributed by atoms with Crippen LogP contribution in [-0.4, -0.2) is 36.5 Å². The molecule has 1 spiro atoms. The first-order valence-corrected chi connectivity index (χ1v) is 10.3. The van der Waals surface area contributed by atoms with Crippen LogP contribution in [0.1, 0.15) is 30.4 Å². The average Bonchev–Trinajstić information content (AvgIpc) is 3.07. The lowest BCUT2D eigenvalue weighted by atomic mass is 9.93. The molecule has 0 bridgehead atoms. The average molecular weight is 371 g/mol. The minimum absolute atomic E-state index is 0.0955. The van der Waals surface area contributed by atoms with Crippen molar-refractivity contribution in [2.75, 3.05) is 19.7 Å². The molecular formula is C21H26N2O2S. The third kappa shape index (κ3) is 3.79. The second-order valence-corrected chi connectivity index (χ2v) is 8.37. The zero-order valence-corrected chi connectivity index (χ0v) is 16.1. The third-order valence-corrected chi connectivity index (χ3v) is 6.46. The summed E-state index contributed by atoms with van der Waals surface area (Å²) < 4.78 is 5.80. The predicted octanol–water partition coefficient (Wildman–Crippen LogP) is 3.61. The normalized spacial score (nSPS) is 20.7. The Balaban J connectivity index is 1.44. The first-order valence-electron chi connectivity index (χ1n) is 9.37. The molecule has 26 heavy (non-hydrogen) atoms. The van der Waals surface area contributed by atoms with Crippen molar-refractivity contribution in [2.24, 2.45) is 5.41 Å². The smallest absolute Gasteiger partial charge is 0.261 e. The van der Waals surface area contributed by atoms with Crippen molar-refractivity contribution >= 4 is 17.2 Å². The molecule has 1 unspecified atom stereocenters. The van der Waals surface area contributed by atoms with Gasteiger partial charge in [-0.05, 0) is 84.8 Å². The highest BCUT2D eigenvalue weighted by atomic mass is 32.1. The summed E-state index contributed by atoms with van der Waals surface area (Å²) in [6.07, 6.45) is 3.47. The number of hydrogen-bond donors (Lipinski definition) is 1. The van der Waals surface area contributed by atoms with Crippen LogP contribution >= 0.6 is 11.3 Å². The van der Waals surface area contributed by atoms with E-state index < -0.39 is 0 Å². The molecule has 1 aliphatic heterocycles. The van der Waals surface area contributed by atoms with E-state index in [1.165, 1.54) is 18.4 Å². The molecule has 2 heterocycles. The summed E-state index contributed by atoms with van der Waals surface area (Å²) in [6.45, 7) is 4.97. The van der Waals surface area contributed by atoms with Crippen LogP contribution in [0, 0.1) is 12.3 Å². The van der Waals surface area contributed by atoms with Crippen LogP contribution in [0.15, 0.2) is 41.1 Å². The Kier molecular flexibility index (Phi) is 5.00. The molecule has 0 radical (unpaired) electrons. The molecule has 2 aromatic rings. The first-order chi connectivity index (χ1) is 12.7. The first kappa shape index (κ1) is 17.6. The molecule has 1 amide bonds. The molecule has 1 aromatic heterocycles. The van der Waals surface area contributed by atoms with Crippen LogP contribution in [0.2, 0.25) is 0 Å². The zero-order chi connectivity index (χ0) is 18.0. The molecule has 2 fully saturated rings. The molecule has 1 saturated heterocycles. The number of thiophene rings is 1. The molecule has 1 aliphatic carbocycles. The Morgan fingerprint density at radius 1 is 1.35 bits per heavy atom. The van der Waals surface area contributed by atoms with Gasteiger partial charge in [0.1, 0.15) is 5.75 Å². The maximum atomic E-state index is 13.0. The molecule has 2 aliphatic rings. The van der Waals surface area contributed by atoms with Crippen molar-refractivity contribution in [3.63, 3.8) is 0 Å². The van der Waals surface area contributed by atoms with Gasteiger partial charge in [0.2, 0.25) is 0 Å². The van der Waals surface area contributed by atoms with Crippen LogP contribution < -0.4 is 10.1 Å². The van der Waals surface area contributed by atoms with Crippen molar-refractivity contribution in [3.8, 4) is 5.75 Å². The lowest BCUT2D eigenvalue weighted by Gasteiger charge is -2.29. The summed E-state index contributed by atoms with van der Waals surface area (Å²) in [5.74, 6) is 0.860. The van der Waals surface area contributed by atoms with Gasteiger partial charge < -0.3 is 15.0 Å². The van der Waals surface area contributed by atoms with Gasteiger partial charge in [-0.1, -0.05) is 12.1 Å². The fourth-order valence-corrected chi connectivity index (χ4v) is 4.77. The van der Waals surface area contributed by atoms with Gasteiger partial charge in [-0.2, -0.15) is 11.3 Å². The Morgan fingerprint density at radius 2 is 2.19 bits per heavy atom. The molecule has 4 nitrogen and oxygen atoms in total. The van der Waals surface area contributed by atoms with E-state index in [0.717, 1.165) is 30.8 Å². The van der Waals surface area contributed by atoms with E-state index in [9.17, 15) is 4.79 Å². The number of carbonyl (C=O) groups excluding carboxylic acids is 1. The van der Waals surface area contributed by atoms with Crippen LogP contribution in [0.4, 0.5) is 0 Å². The van der Waals surface area contributed by atoms with Crippen molar-refractivity contribution in [3.05, 3.63) is 52.2 Å². The maximum absolute atomic E-state index is 13.0. The van der Waals surface area contributed by atoms with Crippen LogP contribution in [0.5, 0.6) is 5.75 Å². The van der Waals surface area contributed by atoms with Gasteiger partial charge in [0.25, 0.3) is 5.91 Å². The number of aryl methyl sites for hydroxylation is 1. The molecule has 1 saturated carbocycles. The largest absolute Gasteiger partial charge is 0.484 e. The summed E-state index contributed by atoms with van der Waals surface area (Å²) in [5.41, 5.74) is 2.69. The van der Waals surface area contributed by atoms with E-state index in [-0.39, 0.29) is 12.5 Å². The zero-order valence-electron chi connectivity index (χ0n) is 15.2. The number of nitrogens with zero attached hydrogens (tertiary/aromatic N) is 1. The highest BCUT2D eigenvalue weighted by Crippen LogP contribution is 2.56. The predicted molar refractivity (Wildman–Crippen MR) is 104 cm³/mol. The Hall–Kier alpha value is -1.85. The van der Waals surface area contributed by atoms with Crippen molar-refractivity contribution in [2.45, 2.75) is 38.8 Å². The summed E-state index contributed by atoms with van der Waals surface area (Å²) in [4.78, 5) is 15.1. The summed E-state index contributed by atoms with van der Waals surface area (Å²) in [6, 6.07) is 10.4. The maximum Gasteiger partial charge on any atom is 0.261 e. The summed E-state index contributed by atoms with van der Waals surface area (Å²) >= 11 is 1.69. The second-order valence-electron chi connectivity index (χ2n) is 7.59. The van der Waals surface area contributed by atoms with Gasteiger partial charge in [0, 0.05) is 12.6 Å². The molecule has 4 rings (SSSR count). The topological polar surface area (TPSA) is 41.6 Å². The van der Waals surface area contributed by atoms with E-state index >= 15 is 0 Å². The van der Waals surface area contributed by atoms with Crippen LogP contribution in [0.3, 0.4) is 0 Å². The minimum atomic E-state index is 0.0955. The number of piperidine rings is 1. The van der Waals surface area contributed by atoms with Crippen molar-refractivity contribution < 1.29 is 9.53 Å². The number of carbonyl (C=O) groups is 1. The molecular weight excluding hydrogens is 344 g/mol. The molecule has 5 heteroatoms. The number of hydrogen-bond acceptors (Lipinski definition) is 4. The van der Waals surface area contributed by atoms with Crippen LogP contribution in [0.25, 0.3) is 0 Å². The van der Waals surface area contributed by atoms with E-state index in [0.29, 0.717) is 18.0 Å². The molecule has 138 valence electrons. The third-order valence-electron chi connectivity index (χ3n) is 5.73. The number of nitrogens with one attached hydrogen (secondary N) is 1. The van der Waals surface area contributed by atoms with Crippen molar-refractivity contribution in [1.82, 2.24) is 10.2 Å². The lowest BCUT2D eigenvalue weighted by Crippen LogP contribution is -2.41. The van der Waals surface area contributed by atoms with E-state index in [1.807, 2.05) is 31.2 Å². The van der Waals surface area contributed by atoms with Crippen molar-refractivity contribution in [1.29, 1.82) is 0 Å². The minimum Gasteiger partial charge on any atom is -0.484 e. The van der Waals surface area contributed by atoms with Crippen LogP contribution in [-0.2, 0) is 11.3 Å². The highest BCUT2D eigenvalue weighted by Gasteiger charge is 2.57. The SMILES string of the molecule is Cc1cccc(OCC(=O)N(Cc2ccsc2)C2CC23CCNCC3)c1. The fraction of sp³-hybridized carbons (Fsp3) is 0.476. The number of amides is 1. The quantitative estimate of drug-likeness (QED) is 0.845. The second kappa shape index (κ2) is 7.41. The van der Waals surface area contributed by atoms with Gasteiger partial charge in [-0.15, -0.1) is 0 Å². The van der Waals surface area contributed by atoms with Gasteiger partial charge in [0.05, 0.1) is 0 Å². The van der Waals surface area contributed by atoms with Gasteiger partial charge in [-0.3, -0.25) is 4.79 Å².